The SMILES string of the molecule is CCC1(CC)Oc2ccc(C(=S)OC)cc2C(N2CCCCC2=O)C1O. The van der Waals surface area contributed by atoms with Crippen molar-refractivity contribution in [3.05, 3.63) is 29.3 Å². The van der Waals surface area contributed by atoms with Crippen molar-refractivity contribution >= 4 is 23.2 Å². The van der Waals surface area contributed by atoms with Gasteiger partial charge in [-0.05, 0) is 56.1 Å². The fourth-order valence-electron chi connectivity index (χ4n) is 4.13. The van der Waals surface area contributed by atoms with Gasteiger partial charge >= 0.3 is 0 Å². The van der Waals surface area contributed by atoms with E-state index < -0.39 is 17.7 Å². The molecule has 6 heteroatoms. The lowest BCUT2D eigenvalue weighted by Gasteiger charge is -2.49. The third kappa shape index (κ3) is 3.09. The van der Waals surface area contributed by atoms with Gasteiger partial charge in [0.25, 0.3) is 0 Å². The van der Waals surface area contributed by atoms with Crippen LogP contribution in [-0.2, 0) is 9.53 Å². The van der Waals surface area contributed by atoms with Gasteiger partial charge in [0.2, 0.25) is 5.91 Å². The highest BCUT2D eigenvalue weighted by Crippen LogP contribution is 2.46. The molecule has 3 rings (SSSR count). The van der Waals surface area contributed by atoms with E-state index in [1.54, 1.807) is 0 Å². The number of hydrogen-bond acceptors (Lipinski definition) is 5. The van der Waals surface area contributed by atoms with Gasteiger partial charge in [0.1, 0.15) is 17.5 Å². The van der Waals surface area contributed by atoms with Crippen molar-refractivity contribution in [2.45, 2.75) is 63.7 Å². The Labute approximate surface area is 160 Å². The van der Waals surface area contributed by atoms with Gasteiger partial charge in [0.15, 0.2) is 5.05 Å². The molecule has 0 aromatic heterocycles. The first-order chi connectivity index (χ1) is 12.5. The van der Waals surface area contributed by atoms with E-state index in [0.717, 1.165) is 24.0 Å². The summed E-state index contributed by atoms with van der Waals surface area (Å²) >= 11 is 5.26. The molecule has 0 spiro atoms. The number of aliphatic hydroxyl groups excluding tert-OH is 1. The summed E-state index contributed by atoms with van der Waals surface area (Å²) < 4.78 is 11.5. The van der Waals surface area contributed by atoms with Crippen LogP contribution in [0.25, 0.3) is 0 Å². The number of thiocarbonyl (C=S) groups is 1. The zero-order valence-electron chi connectivity index (χ0n) is 15.7. The number of carbonyl (C=O) groups excluding carboxylic acids is 1. The molecule has 0 radical (unpaired) electrons. The van der Waals surface area contributed by atoms with Crippen LogP contribution in [0.15, 0.2) is 18.2 Å². The first-order valence-corrected chi connectivity index (χ1v) is 9.77. The Bertz CT molecular complexity index is 701. The van der Waals surface area contributed by atoms with E-state index in [0.29, 0.717) is 36.6 Å². The third-order valence-corrected chi connectivity index (χ3v) is 6.20. The zero-order chi connectivity index (χ0) is 18.9. The molecular formula is C20H27NO4S. The normalized spacial score (nSPS) is 24.6. The maximum atomic E-state index is 12.6. The molecule has 2 heterocycles. The largest absolute Gasteiger partial charge is 0.486 e. The summed E-state index contributed by atoms with van der Waals surface area (Å²) in [5.74, 6) is 0.805. The highest BCUT2D eigenvalue weighted by atomic mass is 32.1. The van der Waals surface area contributed by atoms with Crippen LogP contribution in [-0.4, -0.2) is 46.3 Å². The van der Waals surface area contributed by atoms with Crippen LogP contribution in [0, 0.1) is 0 Å². The van der Waals surface area contributed by atoms with E-state index in [1.807, 2.05) is 36.9 Å². The summed E-state index contributed by atoms with van der Waals surface area (Å²) in [4.78, 5) is 14.5. The second-order valence-electron chi connectivity index (χ2n) is 7.05. The highest BCUT2D eigenvalue weighted by molar-refractivity contribution is 7.80. The van der Waals surface area contributed by atoms with Gasteiger partial charge in [-0.2, -0.15) is 0 Å². The fourth-order valence-corrected chi connectivity index (χ4v) is 4.25. The quantitative estimate of drug-likeness (QED) is 0.815. The van der Waals surface area contributed by atoms with E-state index in [-0.39, 0.29) is 5.91 Å². The number of carbonyl (C=O) groups is 1. The molecule has 2 atom stereocenters. The highest BCUT2D eigenvalue weighted by Gasteiger charge is 2.50. The monoisotopic (exact) mass is 377 g/mol. The Morgan fingerprint density at radius 1 is 1.38 bits per heavy atom. The molecule has 26 heavy (non-hydrogen) atoms. The second kappa shape index (κ2) is 7.53. The summed E-state index contributed by atoms with van der Waals surface area (Å²) in [6.45, 7) is 4.69. The average molecular weight is 378 g/mol. The first kappa shape index (κ1) is 19.1. The van der Waals surface area contributed by atoms with Gasteiger partial charge in [-0.1, -0.05) is 13.8 Å². The number of likely N-dealkylation sites (tertiary alicyclic amines) is 1. The Hall–Kier alpha value is -1.66. The zero-order valence-corrected chi connectivity index (χ0v) is 16.5. The standard InChI is InChI=1S/C20H27NO4S/c1-4-20(5-2)18(23)17(21-11-7-6-8-16(21)22)14-12-13(19(26)24-3)9-10-15(14)25-20/h9-10,12,17-18,23H,4-8,11H2,1-3H3. The molecular weight excluding hydrogens is 350 g/mol. The van der Waals surface area contributed by atoms with Gasteiger partial charge in [-0.15, -0.1) is 0 Å². The molecule has 1 amide bonds. The van der Waals surface area contributed by atoms with Crippen LogP contribution >= 0.6 is 12.2 Å². The van der Waals surface area contributed by atoms with Crippen LogP contribution in [0.3, 0.4) is 0 Å². The predicted octanol–water partition coefficient (Wildman–Crippen LogP) is 3.37. The smallest absolute Gasteiger partial charge is 0.223 e. The lowest BCUT2D eigenvalue weighted by atomic mass is 9.79. The first-order valence-electron chi connectivity index (χ1n) is 9.36. The van der Waals surface area contributed by atoms with Crippen LogP contribution in [0.1, 0.15) is 63.1 Å². The van der Waals surface area contributed by atoms with E-state index >= 15 is 0 Å². The summed E-state index contributed by atoms with van der Waals surface area (Å²) in [5.41, 5.74) is 0.868. The van der Waals surface area contributed by atoms with Gasteiger partial charge < -0.3 is 19.5 Å². The number of hydrogen-bond donors (Lipinski definition) is 1. The maximum Gasteiger partial charge on any atom is 0.223 e. The van der Waals surface area contributed by atoms with Gasteiger partial charge in [-0.25, -0.2) is 0 Å². The predicted molar refractivity (Wildman–Crippen MR) is 103 cm³/mol. The minimum absolute atomic E-state index is 0.0916. The summed E-state index contributed by atoms with van der Waals surface area (Å²) in [6.07, 6.45) is 2.93. The molecule has 142 valence electrons. The van der Waals surface area contributed by atoms with E-state index in [1.165, 1.54) is 7.11 Å². The van der Waals surface area contributed by atoms with Crippen molar-refractivity contribution in [2.75, 3.05) is 13.7 Å². The number of fused-ring (bicyclic) bond motifs is 1. The molecule has 1 aromatic rings. The number of ether oxygens (including phenoxy) is 2. The van der Waals surface area contributed by atoms with Crippen LogP contribution in [0.4, 0.5) is 0 Å². The topological polar surface area (TPSA) is 59.0 Å². The maximum absolute atomic E-state index is 12.6. The second-order valence-corrected chi connectivity index (χ2v) is 7.42. The van der Waals surface area contributed by atoms with Crippen LogP contribution in [0.2, 0.25) is 0 Å². The molecule has 2 aliphatic heterocycles. The lowest BCUT2D eigenvalue weighted by Crippen LogP contribution is -2.58. The minimum Gasteiger partial charge on any atom is -0.486 e. The van der Waals surface area contributed by atoms with Crippen molar-refractivity contribution in [1.29, 1.82) is 0 Å². The van der Waals surface area contributed by atoms with Crippen molar-refractivity contribution in [3.63, 3.8) is 0 Å². The van der Waals surface area contributed by atoms with E-state index in [9.17, 15) is 9.90 Å². The number of piperidine rings is 1. The van der Waals surface area contributed by atoms with Crippen molar-refractivity contribution < 1.29 is 19.4 Å². The lowest BCUT2D eigenvalue weighted by molar-refractivity contribution is -0.151. The molecule has 1 fully saturated rings. The number of methoxy groups -OCH3 is 1. The van der Waals surface area contributed by atoms with Crippen LogP contribution < -0.4 is 4.74 Å². The Kier molecular flexibility index (Phi) is 5.53. The molecule has 0 aliphatic carbocycles. The van der Waals surface area contributed by atoms with Gasteiger partial charge in [0, 0.05) is 24.1 Å². The number of benzene rings is 1. The fraction of sp³-hybridized carbons (Fsp3) is 0.600. The Balaban J connectivity index is 2.12. The third-order valence-electron chi connectivity index (χ3n) is 5.79. The molecule has 5 nitrogen and oxygen atoms in total. The van der Waals surface area contributed by atoms with Crippen LogP contribution in [0.5, 0.6) is 5.75 Å². The van der Waals surface area contributed by atoms with Crippen molar-refractivity contribution in [3.8, 4) is 5.75 Å². The van der Waals surface area contributed by atoms with Crippen molar-refractivity contribution in [2.24, 2.45) is 0 Å². The summed E-state index contributed by atoms with van der Waals surface area (Å²) in [6, 6.07) is 5.22. The van der Waals surface area contributed by atoms with Gasteiger partial charge in [-0.3, -0.25) is 4.79 Å². The molecule has 1 aromatic carbocycles. The number of rotatable bonds is 4. The molecule has 2 unspecified atom stereocenters. The summed E-state index contributed by atoms with van der Waals surface area (Å²) in [5, 5.41) is 11.7. The minimum atomic E-state index is -0.793. The molecule has 0 saturated carbocycles. The molecule has 2 aliphatic rings. The van der Waals surface area contributed by atoms with E-state index in [4.69, 9.17) is 21.7 Å². The Morgan fingerprint density at radius 2 is 2.12 bits per heavy atom. The average Bonchev–Trinajstić information content (AvgIpc) is 2.67. The van der Waals surface area contributed by atoms with Gasteiger partial charge in [0.05, 0.1) is 13.2 Å². The number of amides is 1. The van der Waals surface area contributed by atoms with E-state index in [2.05, 4.69) is 0 Å². The molecule has 1 N–H and O–H groups in total. The number of aliphatic hydroxyl groups is 1. The Morgan fingerprint density at radius 3 is 2.73 bits per heavy atom. The summed E-state index contributed by atoms with van der Waals surface area (Å²) in [7, 11) is 1.54. The van der Waals surface area contributed by atoms with Crippen molar-refractivity contribution in [1.82, 2.24) is 4.90 Å². The molecule has 0 bridgehead atoms. The molecule has 1 saturated heterocycles. The number of nitrogens with zero attached hydrogens (tertiary/aromatic N) is 1.